The molecule has 0 aliphatic heterocycles. The Kier molecular flexibility index (Phi) is 5.72. The minimum Gasteiger partial charge on any atom is -0.370 e. The van der Waals surface area contributed by atoms with Crippen LogP contribution in [0.3, 0.4) is 0 Å². The Bertz CT molecular complexity index is 417. The SMILES string of the molecule is CC(C)CN=C(N)N(CCC#N)c1ccccc1. The lowest BCUT2D eigenvalue weighted by molar-refractivity contribution is 0.663. The van der Waals surface area contributed by atoms with Gasteiger partial charge in [0, 0.05) is 18.8 Å². The number of guanidine groups is 1. The molecule has 0 aliphatic carbocycles. The van der Waals surface area contributed by atoms with Crippen molar-refractivity contribution >= 4 is 11.6 Å². The summed E-state index contributed by atoms with van der Waals surface area (Å²) in [5.41, 5.74) is 6.98. The Morgan fingerprint density at radius 3 is 2.61 bits per heavy atom. The van der Waals surface area contributed by atoms with Crippen LogP contribution in [0.4, 0.5) is 5.69 Å². The lowest BCUT2D eigenvalue weighted by Gasteiger charge is -2.22. The molecular weight excluding hydrogens is 224 g/mol. The predicted molar refractivity (Wildman–Crippen MR) is 75.3 cm³/mol. The highest BCUT2D eigenvalue weighted by molar-refractivity contribution is 5.94. The van der Waals surface area contributed by atoms with Crippen molar-refractivity contribution in [2.75, 3.05) is 18.0 Å². The van der Waals surface area contributed by atoms with E-state index in [1.807, 2.05) is 35.2 Å². The fourth-order valence-corrected chi connectivity index (χ4v) is 1.51. The maximum atomic E-state index is 8.70. The molecule has 1 rings (SSSR count). The summed E-state index contributed by atoms with van der Waals surface area (Å²) in [5, 5.41) is 8.70. The van der Waals surface area contributed by atoms with E-state index in [1.54, 1.807) is 0 Å². The maximum absolute atomic E-state index is 8.70. The average Bonchev–Trinajstić information content (AvgIpc) is 2.38. The molecule has 0 atom stereocenters. The van der Waals surface area contributed by atoms with Crippen LogP contribution in [0.1, 0.15) is 20.3 Å². The Morgan fingerprint density at radius 1 is 1.39 bits per heavy atom. The van der Waals surface area contributed by atoms with Crippen molar-refractivity contribution in [2.45, 2.75) is 20.3 Å². The van der Waals surface area contributed by atoms with Gasteiger partial charge >= 0.3 is 0 Å². The van der Waals surface area contributed by atoms with Crippen LogP contribution in [-0.2, 0) is 0 Å². The largest absolute Gasteiger partial charge is 0.370 e. The lowest BCUT2D eigenvalue weighted by Crippen LogP contribution is -2.38. The second kappa shape index (κ2) is 7.33. The van der Waals surface area contributed by atoms with Crippen LogP contribution in [0.15, 0.2) is 35.3 Å². The average molecular weight is 244 g/mol. The van der Waals surface area contributed by atoms with Gasteiger partial charge in [0.05, 0.1) is 12.5 Å². The number of aliphatic imine (C=N–C) groups is 1. The zero-order chi connectivity index (χ0) is 13.4. The van der Waals surface area contributed by atoms with Crippen LogP contribution in [0, 0.1) is 17.2 Å². The number of para-hydroxylation sites is 1. The molecular formula is C14H20N4. The minimum absolute atomic E-state index is 0.423. The van der Waals surface area contributed by atoms with E-state index < -0.39 is 0 Å². The fraction of sp³-hybridized carbons (Fsp3) is 0.429. The van der Waals surface area contributed by atoms with Gasteiger partial charge in [-0.15, -0.1) is 0 Å². The van der Waals surface area contributed by atoms with E-state index in [0.717, 1.165) is 5.69 Å². The van der Waals surface area contributed by atoms with Crippen molar-refractivity contribution in [1.82, 2.24) is 0 Å². The number of nitrogens with two attached hydrogens (primary N) is 1. The fourth-order valence-electron chi connectivity index (χ4n) is 1.51. The maximum Gasteiger partial charge on any atom is 0.195 e. The zero-order valence-electron chi connectivity index (χ0n) is 11.0. The summed E-state index contributed by atoms with van der Waals surface area (Å²) in [6.45, 7) is 5.45. The molecule has 0 unspecified atom stereocenters. The van der Waals surface area contributed by atoms with Gasteiger partial charge in [-0.3, -0.25) is 4.99 Å². The summed E-state index contributed by atoms with van der Waals surface area (Å²) in [7, 11) is 0. The summed E-state index contributed by atoms with van der Waals surface area (Å²) in [4.78, 5) is 6.24. The van der Waals surface area contributed by atoms with Gasteiger partial charge in [0.25, 0.3) is 0 Å². The molecule has 0 saturated carbocycles. The summed E-state index contributed by atoms with van der Waals surface area (Å²) in [6, 6.07) is 11.9. The first-order valence-corrected chi connectivity index (χ1v) is 6.14. The van der Waals surface area contributed by atoms with E-state index in [0.29, 0.717) is 31.4 Å². The Morgan fingerprint density at radius 2 is 2.06 bits per heavy atom. The Hall–Kier alpha value is -2.02. The van der Waals surface area contributed by atoms with Crippen LogP contribution in [0.5, 0.6) is 0 Å². The van der Waals surface area contributed by atoms with Gasteiger partial charge in [0.1, 0.15) is 0 Å². The van der Waals surface area contributed by atoms with Crippen LogP contribution >= 0.6 is 0 Å². The summed E-state index contributed by atoms with van der Waals surface area (Å²) in [6.07, 6.45) is 0.423. The quantitative estimate of drug-likeness (QED) is 0.639. The van der Waals surface area contributed by atoms with Crippen LogP contribution < -0.4 is 10.6 Å². The first kappa shape index (κ1) is 14.0. The molecule has 0 aliphatic rings. The van der Waals surface area contributed by atoms with Crippen molar-refractivity contribution in [1.29, 1.82) is 5.26 Å². The molecule has 0 fully saturated rings. The number of benzene rings is 1. The number of nitriles is 1. The van der Waals surface area contributed by atoms with Crippen molar-refractivity contribution < 1.29 is 0 Å². The molecule has 1 aromatic carbocycles. The number of hydrogen-bond acceptors (Lipinski definition) is 2. The number of nitrogens with zero attached hydrogens (tertiary/aromatic N) is 3. The second-order valence-corrected chi connectivity index (χ2v) is 4.49. The number of anilines is 1. The first-order valence-electron chi connectivity index (χ1n) is 6.14. The zero-order valence-corrected chi connectivity index (χ0v) is 11.0. The molecule has 0 saturated heterocycles. The highest BCUT2D eigenvalue weighted by Gasteiger charge is 2.09. The number of rotatable bonds is 5. The van der Waals surface area contributed by atoms with E-state index in [9.17, 15) is 0 Å². The van der Waals surface area contributed by atoms with Gasteiger partial charge in [0.15, 0.2) is 5.96 Å². The van der Waals surface area contributed by atoms with Crippen molar-refractivity contribution in [3.05, 3.63) is 30.3 Å². The highest BCUT2D eigenvalue weighted by atomic mass is 15.3. The van der Waals surface area contributed by atoms with E-state index in [2.05, 4.69) is 24.9 Å². The molecule has 96 valence electrons. The monoisotopic (exact) mass is 244 g/mol. The van der Waals surface area contributed by atoms with Crippen molar-refractivity contribution in [2.24, 2.45) is 16.6 Å². The molecule has 0 bridgehead atoms. The molecule has 0 radical (unpaired) electrons. The standard InChI is InChI=1S/C14H20N4/c1-12(2)11-17-14(16)18(10-6-9-15)13-7-4-3-5-8-13/h3-5,7-8,12H,6,10-11H2,1-2H3,(H2,16,17). The predicted octanol–water partition coefficient (Wildman–Crippen LogP) is 2.38. The summed E-state index contributed by atoms with van der Waals surface area (Å²) in [5.74, 6) is 0.947. The third kappa shape index (κ3) is 4.46. The van der Waals surface area contributed by atoms with Gasteiger partial charge in [-0.25, -0.2) is 0 Å². The number of hydrogen-bond donors (Lipinski definition) is 1. The smallest absolute Gasteiger partial charge is 0.195 e. The van der Waals surface area contributed by atoms with Gasteiger partial charge in [-0.1, -0.05) is 32.0 Å². The van der Waals surface area contributed by atoms with E-state index in [1.165, 1.54) is 0 Å². The first-order chi connectivity index (χ1) is 8.65. The second-order valence-electron chi connectivity index (χ2n) is 4.49. The molecule has 0 spiro atoms. The van der Waals surface area contributed by atoms with E-state index in [-0.39, 0.29) is 0 Å². The van der Waals surface area contributed by atoms with Gasteiger partial charge in [0.2, 0.25) is 0 Å². The molecule has 0 amide bonds. The van der Waals surface area contributed by atoms with Gasteiger partial charge < -0.3 is 10.6 Å². The summed E-state index contributed by atoms with van der Waals surface area (Å²) >= 11 is 0. The van der Waals surface area contributed by atoms with Crippen molar-refractivity contribution in [3.8, 4) is 6.07 Å². The summed E-state index contributed by atoms with van der Waals surface area (Å²) < 4.78 is 0. The molecule has 1 aromatic rings. The molecule has 18 heavy (non-hydrogen) atoms. The van der Waals surface area contributed by atoms with Gasteiger partial charge in [-0.05, 0) is 18.1 Å². The normalized spacial score (nSPS) is 11.3. The van der Waals surface area contributed by atoms with Gasteiger partial charge in [-0.2, -0.15) is 5.26 Å². The Labute approximate surface area is 109 Å². The van der Waals surface area contributed by atoms with Crippen LogP contribution in [0.2, 0.25) is 0 Å². The minimum atomic E-state index is 0.423. The van der Waals surface area contributed by atoms with Crippen LogP contribution in [0.25, 0.3) is 0 Å². The van der Waals surface area contributed by atoms with E-state index in [4.69, 9.17) is 11.0 Å². The van der Waals surface area contributed by atoms with Crippen molar-refractivity contribution in [3.63, 3.8) is 0 Å². The van der Waals surface area contributed by atoms with Crippen LogP contribution in [-0.4, -0.2) is 19.0 Å². The molecule has 0 aromatic heterocycles. The third-order valence-electron chi connectivity index (χ3n) is 2.41. The topological polar surface area (TPSA) is 65.4 Å². The van der Waals surface area contributed by atoms with E-state index >= 15 is 0 Å². The highest BCUT2D eigenvalue weighted by Crippen LogP contribution is 2.13. The molecule has 4 heteroatoms. The molecule has 0 heterocycles. The lowest BCUT2D eigenvalue weighted by atomic mass is 10.2. The molecule has 2 N–H and O–H groups in total. The molecule has 4 nitrogen and oxygen atoms in total. The Balaban J connectivity index is 2.85. The third-order valence-corrected chi connectivity index (χ3v) is 2.41.